The van der Waals surface area contributed by atoms with Gasteiger partial charge in [-0.15, -0.1) is 0 Å². The average molecular weight is 480 g/mol. The topological polar surface area (TPSA) is 88.5 Å². The van der Waals surface area contributed by atoms with Gasteiger partial charge in [-0.2, -0.15) is 4.98 Å². The monoisotopic (exact) mass is 479 g/mol. The van der Waals surface area contributed by atoms with Crippen molar-refractivity contribution in [3.63, 3.8) is 0 Å². The van der Waals surface area contributed by atoms with Gasteiger partial charge in [-0.25, -0.2) is 0 Å². The Kier molecular flexibility index (Phi) is 5.79. The summed E-state index contributed by atoms with van der Waals surface area (Å²) < 4.78 is 11.2. The summed E-state index contributed by atoms with van der Waals surface area (Å²) in [5.74, 6) is 1.85. The minimum atomic E-state index is -0.0333. The van der Waals surface area contributed by atoms with Gasteiger partial charge in [-0.05, 0) is 25.1 Å². The van der Waals surface area contributed by atoms with Crippen molar-refractivity contribution in [3.8, 4) is 22.7 Å². The molecule has 180 valence electrons. The van der Waals surface area contributed by atoms with Gasteiger partial charge in [0.05, 0.1) is 11.4 Å². The molecule has 3 aromatic carbocycles. The molecule has 0 aliphatic carbocycles. The Morgan fingerprint density at radius 1 is 0.833 bits per heavy atom. The standard InChI is InChI=1S/C28H25N5O3/c1-19(27-29-26(31-36-27)21-10-6-3-7-11-21)32-14-16-33(17-15-32)28(34)22-12-13-24-23(18-22)25(35-30-24)20-8-4-2-5-9-20/h2-13,18-19H,14-17H2,1H3. The summed E-state index contributed by atoms with van der Waals surface area (Å²) in [4.78, 5) is 22.1. The highest BCUT2D eigenvalue weighted by Crippen LogP contribution is 2.30. The van der Waals surface area contributed by atoms with Crippen molar-refractivity contribution in [1.29, 1.82) is 0 Å². The molecular weight excluding hydrogens is 454 g/mol. The van der Waals surface area contributed by atoms with E-state index in [1.165, 1.54) is 0 Å². The summed E-state index contributed by atoms with van der Waals surface area (Å²) in [6, 6.07) is 25.1. The van der Waals surface area contributed by atoms with E-state index < -0.39 is 0 Å². The molecule has 1 atom stereocenters. The van der Waals surface area contributed by atoms with Crippen LogP contribution >= 0.6 is 0 Å². The Balaban J connectivity index is 1.14. The predicted molar refractivity (Wildman–Crippen MR) is 135 cm³/mol. The van der Waals surface area contributed by atoms with Gasteiger partial charge in [-0.1, -0.05) is 71.0 Å². The van der Waals surface area contributed by atoms with Crippen molar-refractivity contribution < 1.29 is 13.8 Å². The zero-order chi connectivity index (χ0) is 24.5. The van der Waals surface area contributed by atoms with E-state index in [2.05, 4.69) is 27.1 Å². The first-order valence-electron chi connectivity index (χ1n) is 12.0. The summed E-state index contributed by atoms with van der Waals surface area (Å²) in [5, 5.41) is 9.14. The highest BCUT2D eigenvalue weighted by molar-refractivity contribution is 6.01. The number of piperazine rings is 1. The van der Waals surface area contributed by atoms with Gasteiger partial charge in [0.1, 0.15) is 5.52 Å². The number of rotatable bonds is 5. The lowest BCUT2D eigenvalue weighted by Crippen LogP contribution is -2.49. The molecule has 1 amide bonds. The molecule has 1 fully saturated rings. The normalized spacial score (nSPS) is 15.3. The van der Waals surface area contributed by atoms with Crippen molar-refractivity contribution in [2.75, 3.05) is 26.2 Å². The number of hydrogen-bond donors (Lipinski definition) is 0. The van der Waals surface area contributed by atoms with Crippen LogP contribution in [0.4, 0.5) is 0 Å². The summed E-state index contributed by atoms with van der Waals surface area (Å²) in [6.07, 6.45) is 0. The van der Waals surface area contributed by atoms with Crippen molar-refractivity contribution in [2.24, 2.45) is 0 Å². The van der Waals surface area contributed by atoms with E-state index >= 15 is 0 Å². The number of hydrogen-bond acceptors (Lipinski definition) is 7. The SMILES string of the molecule is CC(c1nc(-c2ccccc2)no1)N1CCN(C(=O)c2ccc3noc(-c4ccccc4)c3c2)CC1. The number of carbonyl (C=O) groups is 1. The molecule has 0 bridgehead atoms. The number of carbonyl (C=O) groups excluding carboxylic acids is 1. The zero-order valence-corrected chi connectivity index (χ0v) is 19.9. The molecule has 8 heteroatoms. The second kappa shape index (κ2) is 9.39. The minimum absolute atomic E-state index is 0.00793. The van der Waals surface area contributed by atoms with Crippen molar-refractivity contribution in [2.45, 2.75) is 13.0 Å². The van der Waals surface area contributed by atoms with Crippen LogP contribution in [0.1, 0.15) is 29.2 Å². The van der Waals surface area contributed by atoms with Gasteiger partial charge in [0, 0.05) is 42.9 Å². The lowest BCUT2D eigenvalue weighted by molar-refractivity contribution is 0.0552. The Morgan fingerprint density at radius 2 is 1.53 bits per heavy atom. The fourth-order valence-electron chi connectivity index (χ4n) is 4.63. The Morgan fingerprint density at radius 3 is 2.25 bits per heavy atom. The minimum Gasteiger partial charge on any atom is -0.355 e. The molecule has 0 saturated carbocycles. The number of fused-ring (bicyclic) bond motifs is 1. The first-order valence-corrected chi connectivity index (χ1v) is 12.0. The average Bonchev–Trinajstić information content (AvgIpc) is 3.61. The highest BCUT2D eigenvalue weighted by Gasteiger charge is 2.28. The van der Waals surface area contributed by atoms with Gasteiger partial charge in [0.2, 0.25) is 11.7 Å². The lowest BCUT2D eigenvalue weighted by Gasteiger charge is -2.36. The van der Waals surface area contributed by atoms with Gasteiger partial charge < -0.3 is 13.9 Å². The van der Waals surface area contributed by atoms with Crippen molar-refractivity contribution in [1.82, 2.24) is 25.1 Å². The largest absolute Gasteiger partial charge is 0.355 e. The molecule has 1 unspecified atom stereocenters. The highest BCUT2D eigenvalue weighted by atomic mass is 16.5. The quantitative estimate of drug-likeness (QED) is 0.348. The van der Waals surface area contributed by atoms with Crippen molar-refractivity contribution >= 4 is 16.8 Å². The molecule has 2 aromatic heterocycles. The van der Waals surface area contributed by atoms with Crippen LogP contribution < -0.4 is 0 Å². The first kappa shape index (κ1) is 22.2. The summed E-state index contributed by atoms with van der Waals surface area (Å²) in [6.45, 7) is 4.75. The second-order valence-electron chi connectivity index (χ2n) is 8.94. The van der Waals surface area contributed by atoms with Crippen LogP contribution in [0, 0.1) is 0 Å². The van der Waals surface area contributed by atoms with Gasteiger partial charge in [0.15, 0.2) is 5.76 Å². The molecule has 1 aliphatic rings. The van der Waals surface area contributed by atoms with Crippen molar-refractivity contribution in [3.05, 3.63) is 90.3 Å². The number of nitrogens with zero attached hydrogens (tertiary/aromatic N) is 5. The molecule has 8 nitrogen and oxygen atoms in total. The van der Waals surface area contributed by atoms with Crippen LogP contribution in [0.15, 0.2) is 87.9 Å². The third-order valence-electron chi connectivity index (χ3n) is 6.74. The van der Waals surface area contributed by atoms with E-state index in [0.717, 1.165) is 35.1 Å². The molecule has 3 heterocycles. The van der Waals surface area contributed by atoms with E-state index in [1.54, 1.807) is 0 Å². The van der Waals surface area contributed by atoms with E-state index in [-0.39, 0.29) is 11.9 Å². The maximum absolute atomic E-state index is 13.3. The van der Waals surface area contributed by atoms with Gasteiger partial charge >= 0.3 is 0 Å². The Hall–Kier alpha value is -4.30. The Labute approximate surface area is 208 Å². The molecule has 1 aliphatic heterocycles. The molecule has 6 rings (SSSR count). The summed E-state index contributed by atoms with van der Waals surface area (Å²) in [7, 11) is 0. The molecule has 5 aromatic rings. The van der Waals surface area contributed by atoms with E-state index in [1.807, 2.05) is 83.8 Å². The van der Waals surface area contributed by atoms with Crippen LogP contribution in [0.25, 0.3) is 33.6 Å². The van der Waals surface area contributed by atoms with Gasteiger partial charge in [-0.3, -0.25) is 9.69 Å². The third kappa shape index (κ3) is 4.16. The van der Waals surface area contributed by atoms with Crippen LogP contribution in [0.3, 0.4) is 0 Å². The molecular formula is C28H25N5O3. The second-order valence-corrected chi connectivity index (χ2v) is 8.94. The molecule has 0 spiro atoms. The molecule has 0 N–H and O–H groups in total. The van der Waals surface area contributed by atoms with E-state index in [0.29, 0.717) is 36.1 Å². The van der Waals surface area contributed by atoms with Crippen LogP contribution in [0.2, 0.25) is 0 Å². The number of benzene rings is 3. The van der Waals surface area contributed by atoms with Crippen LogP contribution in [-0.2, 0) is 0 Å². The summed E-state index contributed by atoms with van der Waals surface area (Å²) in [5.41, 5.74) is 3.23. The van der Waals surface area contributed by atoms with E-state index in [9.17, 15) is 4.79 Å². The summed E-state index contributed by atoms with van der Waals surface area (Å²) >= 11 is 0. The maximum atomic E-state index is 13.3. The molecule has 1 saturated heterocycles. The van der Waals surface area contributed by atoms with E-state index in [4.69, 9.17) is 9.05 Å². The lowest BCUT2D eigenvalue weighted by atomic mass is 10.1. The predicted octanol–water partition coefficient (Wildman–Crippen LogP) is 5.06. The first-order chi connectivity index (χ1) is 17.7. The third-order valence-corrected chi connectivity index (χ3v) is 6.74. The smallest absolute Gasteiger partial charge is 0.253 e. The number of aromatic nitrogens is 3. The van der Waals surface area contributed by atoms with Crippen LogP contribution in [0.5, 0.6) is 0 Å². The fourth-order valence-corrected chi connectivity index (χ4v) is 4.63. The molecule has 36 heavy (non-hydrogen) atoms. The maximum Gasteiger partial charge on any atom is 0.253 e. The van der Waals surface area contributed by atoms with Crippen LogP contribution in [-0.4, -0.2) is 57.2 Å². The number of amides is 1. The zero-order valence-electron chi connectivity index (χ0n) is 19.9. The van der Waals surface area contributed by atoms with Gasteiger partial charge in [0.25, 0.3) is 5.91 Å². The molecule has 0 radical (unpaired) electrons. The Bertz CT molecular complexity index is 1490. The fraction of sp³-hybridized carbons (Fsp3) is 0.214.